The molecule has 94 valence electrons. The van der Waals surface area contributed by atoms with E-state index in [0.29, 0.717) is 11.5 Å². The van der Waals surface area contributed by atoms with Crippen molar-refractivity contribution in [3.05, 3.63) is 0 Å². The van der Waals surface area contributed by atoms with Crippen LogP contribution in [-0.2, 0) is 0 Å². The molecule has 0 spiro atoms. The molecule has 2 aliphatic rings. The molecule has 0 aromatic heterocycles. The molecule has 2 nitrogen and oxygen atoms in total. The standard InChI is InChI=1S/C14H28N2/c1-14(2)6-8-16(9-7-14)11-12-4-3-5-13(15)10-12/h12-13H,3-11,15H2,1-2H3. The van der Waals surface area contributed by atoms with Gasteiger partial charge in [0, 0.05) is 12.6 Å². The SMILES string of the molecule is CC1(C)CCN(CC2CCCC(N)C2)CC1. The van der Waals surface area contributed by atoms with Gasteiger partial charge >= 0.3 is 0 Å². The monoisotopic (exact) mass is 224 g/mol. The number of hydrogen-bond acceptors (Lipinski definition) is 2. The second-order valence-electron chi connectivity index (χ2n) is 6.76. The van der Waals surface area contributed by atoms with E-state index in [4.69, 9.17) is 5.73 Å². The normalized spacial score (nSPS) is 36.2. The van der Waals surface area contributed by atoms with Crippen LogP contribution in [0, 0.1) is 11.3 Å². The van der Waals surface area contributed by atoms with E-state index >= 15 is 0 Å². The summed E-state index contributed by atoms with van der Waals surface area (Å²) in [7, 11) is 0. The maximum absolute atomic E-state index is 6.05. The number of nitrogens with two attached hydrogens (primary N) is 1. The van der Waals surface area contributed by atoms with Crippen LogP contribution in [0.5, 0.6) is 0 Å². The molecule has 16 heavy (non-hydrogen) atoms. The van der Waals surface area contributed by atoms with Crippen LogP contribution in [0.2, 0.25) is 0 Å². The third kappa shape index (κ3) is 3.46. The minimum absolute atomic E-state index is 0.486. The zero-order valence-corrected chi connectivity index (χ0v) is 11.0. The van der Waals surface area contributed by atoms with Gasteiger partial charge in [-0.25, -0.2) is 0 Å². The molecule has 1 heterocycles. The summed E-state index contributed by atoms with van der Waals surface area (Å²) >= 11 is 0. The largest absolute Gasteiger partial charge is 0.328 e. The summed E-state index contributed by atoms with van der Waals surface area (Å²) in [4.78, 5) is 2.67. The van der Waals surface area contributed by atoms with Crippen molar-refractivity contribution in [3.63, 3.8) is 0 Å². The first kappa shape index (κ1) is 12.4. The van der Waals surface area contributed by atoms with Crippen LogP contribution in [-0.4, -0.2) is 30.6 Å². The summed E-state index contributed by atoms with van der Waals surface area (Å²) < 4.78 is 0. The fourth-order valence-electron chi connectivity index (χ4n) is 3.20. The Morgan fingerprint density at radius 2 is 1.88 bits per heavy atom. The molecule has 2 unspecified atom stereocenters. The lowest BCUT2D eigenvalue weighted by Crippen LogP contribution is -2.41. The molecule has 0 bridgehead atoms. The molecule has 0 aromatic rings. The van der Waals surface area contributed by atoms with Crippen molar-refractivity contribution >= 4 is 0 Å². The molecule has 2 heteroatoms. The molecule has 0 amide bonds. The highest BCUT2D eigenvalue weighted by Crippen LogP contribution is 2.31. The van der Waals surface area contributed by atoms with E-state index in [2.05, 4.69) is 18.7 Å². The highest BCUT2D eigenvalue weighted by atomic mass is 15.1. The van der Waals surface area contributed by atoms with Crippen molar-refractivity contribution in [2.45, 2.75) is 58.4 Å². The Morgan fingerprint density at radius 3 is 2.50 bits per heavy atom. The van der Waals surface area contributed by atoms with Crippen LogP contribution in [0.1, 0.15) is 52.4 Å². The van der Waals surface area contributed by atoms with Crippen LogP contribution in [0.4, 0.5) is 0 Å². The highest BCUT2D eigenvalue weighted by molar-refractivity contribution is 4.82. The van der Waals surface area contributed by atoms with Crippen LogP contribution in [0.25, 0.3) is 0 Å². The third-order valence-electron chi connectivity index (χ3n) is 4.55. The van der Waals surface area contributed by atoms with Crippen molar-refractivity contribution in [1.29, 1.82) is 0 Å². The molecule has 1 saturated carbocycles. The number of piperidine rings is 1. The van der Waals surface area contributed by atoms with Gasteiger partial charge in [-0.3, -0.25) is 0 Å². The fourth-order valence-corrected chi connectivity index (χ4v) is 3.20. The Balaban J connectivity index is 1.74. The molecule has 2 rings (SSSR count). The van der Waals surface area contributed by atoms with Crippen molar-refractivity contribution in [1.82, 2.24) is 4.90 Å². The van der Waals surface area contributed by atoms with Gasteiger partial charge in [0.25, 0.3) is 0 Å². The minimum Gasteiger partial charge on any atom is -0.328 e. The number of likely N-dealkylation sites (tertiary alicyclic amines) is 1. The van der Waals surface area contributed by atoms with E-state index in [-0.39, 0.29) is 0 Å². The minimum atomic E-state index is 0.486. The maximum Gasteiger partial charge on any atom is 0.00419 e. The Labute approximate surface area is 101 Å². The van der Waals surface area contributed by atoms with Crippen LogP contribution in [0.15, 0.2) is 0 Å². The summed E-state index contributed by atoms with van der Waals surface area (Å²) in [5, 5.41) is 0. The summed E-state index contributed by atoms with van der Waals surface area (Å²) in [6.45, 7) is 8.73. The lowest BCUT2D eigenvalue weighted by Gasteiger charge is -2.39. The molecule has 2 fully saturated rings. The summed E-state index contributed by atoms with van der Waals surface area (Å²) in [6, 6.07) is 0.486. The quantitative estimate of drug-likeness (QED) is 0.781. The van der Waals surface area contributed by atoms with E-state index in [9.17, 15) is 0 Å². The third-order valence-corrected chi connectivity index (χ3v) is 4.55. The Bertz CT molecular complexity index is 215. The summed E-state index contributed by atoms with van der Waals surface area (Å²) in [5.74, 6) is 0.880. The van der Waals surface area contributed by atoms with Crippen LogP contribution in [0.3, 0.4) is 0 Å². The van der Waals surface area contributed by atoms with Gasteiger partial charge in [0.1, 0.15) is 0 Å². The lowest BCUT2D eigenvalue weighted by atomic mass is 9.81. The number of hydrogen-bond donors (Lipinski definition) is 1. The van der Waals surface area contributed by atoms with Crippen molar-refractivity contribution < 1.29 is 0 Å². The highest BCUT2D eigenvalue weighted by Gasteiger charge is 2.27. The molecule has 1 aliphatic heterocycles. The second kappa shape index (κ2) is 5.05. The van der Waals surface area contributed by atoms with Crippen molar-refractivity contribution in [3.8, 4) is 0 Å². The predicted octanol–water partition coefficient (Wildman–Crippen LogP) is 2.63. The van der Waals surface area contributed by atoms with E-state index < -0.39 is 0 Å². The topological polar surface area (TPSA) is 29.3 Å². The summed E-state index contributed by atoms with van der Waals surface area (Å²) in [5.41, 5.74) is 6.64. The molecular weight excluding hydrogens is 196 g/mol. The smallest absolute Gasteiger partial charge is 0.00419 e. The van der Waals surface area contributed by atoms with Crippen LogP contribution >= 0.6 is 0 Å². The number of rotatable bonds is 2. The van der Waals surface area contributed by atoms with E-state index in [1.807, 2.05) is 0 Å². The maximum atomic E-state index is 6.05. The summed E-state index contributed by atoms with van der Waals surface area (Å²) in [6.07, 6.45) is 8.01. The van der Waals surface area contributed by atoms with Gasteiger partial charge in [-0.05, 0) is 56.5 Å². The van der Waals surface area contributed by atoms with Gasteiger partial charge in [0.15, 0.2) is 0 Å². The predicted molar refractivity (Wildman–Crippen MR) is 69.4 cm³/mol. The Morgan fingerprint density at radius 1 is 1.19 bits per heavy atom. The Kier molecular flexibility index (Phi) is 3.91. The molecule has 1 saturated heterocycles. The van der Waals surface area contributed by atoms with Crippen LogP contribution < -0.4 is 5.73 Å². The van der Waals surface area contributed by atoms with Gasteiger partial charge in [0.2, 0.25) is 0 Å². The van der Waals surface area contributed by atoms with Gasteiger partial charge in [-0.2, -0.15) is 0 Å². The molecular formula is C14H28N2. The molecule has 0 aromatic carbocycles. The van der Waals surface area contributed by atoms with Gasteiger partial charge < -0.3 is 10.6 Å². The number of nitrogens with zero attached hydrogens (tertiary/aromatic N) is 1. The fraction of sp³-hybridized carbons (Fsp3) is 1.00. The van der Waals surface area contributed by atoms with Crippen molar-refractivity contribution in [2.75, 3.05) is 19.6 Å². The van der Waals surface area contributed by atoms with Gasteiger partial charge in [-0.15, -0.1) is 0 Å². The van der Waals surface area contributed by atoms with Gasteiger partial charge in [-0.1, -0.05) is 20.3 Å². The lowest BCUT2D eigenvalue weighted by molar-refractivity contribution is 0.106. The zero-order valence-electron chi connectivity index (χ0n) is 11.0. The molecule has 2 atom stereocenters. The van der Waals surface area contributed by atoms with Crippen molar-refractivity contribution in [2.24, 2.45) is 17.1 Å². The first-order valence-electron chi connectivity index (χ1n) is 7.03. The molecule has 1 aliphatic carbocycles. The Hall–Kier alpha value is -0.0800. The van der Waals surface area contributed by atoms with E-state index in [0.717, 1.165) is 5.92 Å². The molecule has 0 radical (unpaired) electrons. The first-order chi connectivity index (χ1) is 7.55. The second-order valence-corrected chi connectivity index (χ2v) is 6.76. The first-order valence-corrected chi connectivity index (χ1v) is 7.03. The zero-order chi connectivity index (χ0) is 11.6. The molecule has 2 N–H and O–H groups in total. The van der Waals surface area contributed by atoms with E-state index in [1.165, 1.54) is 58.2 Å². The van der Waals surface area contributed by atoms with E-state index in [1.54, 1.807) is 0 Å². The average Bonchev–Trinajstić information content (AvgIpc) is 2.21. The van der Waals surface area contributed by atoms with Gasteiger partial charge in [0.05, 0.1) is 0 Å². The average molecular weight is 224 g/mol.